The van der Waals surface area contributed by atoms with Gasteiger partial charge in [-0.15, -0.1) is 0 Å². The Morgan fingerprint density at radius 1 is 1.26 bits per heavy atom. The monoisotopic (exact) mass is 268 g/mol. The lowest BCUT2D eigenvalue weighted by molar-refractivity contribution is -0.123. The molecule has 2 unspecified atom stereocenters. The Labute approximate surface area is 116 Å². The van der Waals surface area contributed by atoms with E-state index in [-0.39, 0.29) is 29.7 Å². The second-order valence-corrected chi connectivity index (χ2v) is 6.46. The van der Waals surface area contributed by atoms with Crippen molar-refractivity contribution in [2.24, 2.45) is 0 Å². The van der Waals surface area contributed by atoms with Gasteiger partial charge in [-0.25, -0.2) is 0 Å². The van der Waals surface area contributed by atoms with E-state index in [1.807, 2.05) is 20.8 Å². The van der Waals surface area contributed by atoms with E-state index in [0.29, 0.717) is 0 Å². The Balaban J connectivity index is 1.70. The van der Waals surface area contributed by atoms with Gasteiger partial charge in [-0.3, -0.25) is 4.79 Å². The quantitative estimate of drug-likeness (QED) is 0.801. The minimum Gasteiger partial charge on any atom is -0.370 e. The normalized spacial score (nSPS) is 27.1. The molecule has 1 saturated carbocycles. The molecule has 2 rings (SSSR count). The summed E-state index contributed by atoms with van der Waals surface area (Å²) in [4.78, 5) is 11.8. The number of carbonyl (C=O) groups is 1. The highest BCUT2D eigenvalue weighted by Crippen LogP contribution is 2.43. The summed E-state index contributed by atoms with van der Waals surface area (Å²) >= 11 is 0. The number of nitrogens with one attached hydrogen (secondary N) is 2. The predicted octanol–water partition coefficient (Wildman–Crippen LogP) is 1.98. The summed E-state index contributed by atoms with van der Waals surface area (Å²) in [5, 5.41) is 6.22. The first-order valence-electron chi connectivity index (χ1n) is 7.72. The van der Waals surface area contributed by atoms with Gasteiger partial charge in [-0.1, -0.05) is 12.8 Å². The average molecular weight is 268 g/mol. The molecule has 0 aromatic heterocycles. The summed E-state index contributed by atoms with van der Waals surface area (Å²) in [6.07, 6.45) is 7.70. The number of carbonyl (C=O) groups excluding carboxylic acids is 1. The fourth-order valence-electron chi connectivity index (χ4n) is 3.24. The van der Waals surface area contributed by atoms with Gasteiger partial charge >= 0.3 is 0 Å². The van der Waals surface area contributed by atoms with Gasteiger partial charge in [0.15, 0.2) is 0 Å². The van der Waals surface area contributed by atoms with E-state index in [1.54, 1.807) is 0 Å². The fourth-order valence-corrected chi connectivity index (χ4v) is 3.24. The SMILES string of the molecule is CC(C)NC(=O)C(C)NCC1CCC2(CCCC2)O1. The molecule has 110 valence electrons. The molecule has 1 aliphatic carbocycles. The zero-order valence-electron chi connectivity index (χ0n) is 12.5. The van der Waals surface area contributed by atoms with Gasteiger partial charge < -0.3 is 15.4 Å². The maximum Gasteiger partial charge on any atom is 0.237 e. The van der Waals surface area contributed by atoms with Crippen LogP contribution in [0.25, 0.3) is 0 Å². The minimum absolute atomic E-state index is 0.0728. The molecule has 1 amide bonds. The summed E-state index contributed by atoms with van der Waals surface area (Å²) in [5.41, 5.74) is 0.190. The molecule has 0 aromatic carbocycles. The van der Waals surface area contributed by atoms with Gasteiger partial charge in [0.05, 0.1) is 17.7 Å². The topological polar surface area (TPSA) is 50.4 Å². The average Bonchev–Trinajstić information content (AvgIpc) is 2.96. The summed E-state index contributed by atoms with van der Waals surface area (Å²) in [5.74, 6) is 0.0728. The van der Waals surface area contributed by atoms with Crippen LogP contribution in [0.3, 0.4) is 0 Å². The second kappa shape index (κ2) is 6.23. The van der Waals surface area contributed by atoms with Crippen LogP contribution >= 0.6 is 0 Å². The first kappa shape index (κ1) is 14.8. The molecule has 4 nitrogen and oxygen atoms in total. The molecule has 2 aliphatic rings. The highest BCUT2D eigenvalue weighted by molar-refractivity contribution is 5.81. The van der Waals surface area contributed by atoms with E-state index in [2.05, 4.69) is 10.6 Å². The molecule has 0 bridgehead atoms. The molecular weight excluding hydrogens is 240 g/mol. The van der Waals surface area contributed by atoms with Gasteiger partial charge in [-0.05, 0) is 46.5 Å². The first-order valence-corrected chi connectivity index (χ1v) is 7.72. The Morgan fingerprint density at radius 3 is 2.58 bits per heavy atom. The van der Waals surface area contributed by atoms with Crippen molar-refractivity contribution < 1.29 is 9.53 Å². The number of rotatable bonds is 5. The minimum atomic E-state index is -0.147. The largest absolute Gasteiger partial charge is 0.370 e. The van der Waals surface area contributed by atoms with Gasteiger partial charge in [0.1, 0.15) is 0 Å². The lowest BCUT2D eigenvalue weighted by Gasteiger charge is -2.24. The van der Waals surface area contributed by atoms with E-state index in [0.717, 1.165) is 13.0 Å². The Hall–Kier alpha value is -0.610. The summed E-state index contributed by atoms with van der Waals surface area (Å²) in [7, 11) is 0. The number of ether oxygens (including phenoxy) is 1. The molecule has 4 heteroatoms. The fraction of sp³-hybridized carbons (Fsp3) is 0.933. The van der Waals surface area contributed by atoms with Crippen LogP contribution in [0.4, 0.5) is 0 Å². The van der Waals surface area contributed by atoms with Crippen molar-refractivity contribution in [3.05, 3.63) is 0 Å². The van der Waals surface area contributed by atoms with Crippen LogP contribution in [0.2, 0.25) is 0 Å². The van der Waals surface area contributed by atoms with Gasteiger partial charge in [-0.2, -0.15) is 0 Å². The molecule has 2 fully saturated rings. The molecular formula is C15H28N2O2. The molecule has 2 N–H and O–H groups in total. The van der Waals surface area contributed by atoms with Gasteiger partial charge in [0, 0.05) is 12.6 Å². The summed E-state index contributed by atoms with van der Waals surface area (Å²) in [6, 6.07) is 0.0485. The molecule has 1 heterocycles. The van der Waals surface area contributed by atoms with E-state index < -0.39 is 0 Å². The molecule has 1 aliphatic heterocycles. The Kier molecular flexibility index (Phi) is 4.85. The van der Waals surface area contributed by atoms with Crippen molar-refractivity contribution in [2.45, 2.75) is 83.1 Å². The summed E-state index contributed by atoms with van der Waals surface area (Å²) < 4.78 is 6.23. The molecule has 2 atom stereocenters. The van der Waals surface area contributed by atoms with Crippen LogP contribution in [-0.2, 0) is 9.53 Å². The maximum absolute atomic E-state index is 11.8. The number of amides is 1. The first-order chi connectivity index (χ1) is 9.01. The van der Waals surface area contributed by atoms with Crippen LogP contribution in [0, 0.1) is 0 Å². The highest BCUT2D eigenvalue weighted by Gasteiger charge is 2.41. The number of hydrogen-bond acceptors (Lipinski definition) is 3. The van der Waals surface area contributed by atoms with Crippen LogP contribution in [0.5, 0.6) is 0 Å². The lowest BCUT2D eigenvalue weighted by Crippen LogP contribution is -2.46. The van der Waals surface area contributed by atoms with Crippen LogP contribution in [0.1, 0.15) is 59.3 Å². The third-order valence-electron chi connectivity index (χ3n) is 4.33. The zero-order chi connectivity index (χ0) is 13.9. The molecule has 1 spiro atoms. The Morgan fingerprint density at radius 2 is 1.95 bits per heavy atom. The van der Waals surface area contributed by atoms with Crippen LogP contribution < -0.4 is 10.6 Å². The Bertz CT molecular complexity index is 311. The van der Waals surface area contributed by atoms with Crippen molar-refractivity contribution >= 4 is 5.91 Å². The van der Waals surface area contributed by atoms with Crippen molar-refractivity contribution in [1.29, 1.82) is 0 Å². The van der Waals surface area contributed by atoms with E-state index in [9.17, 15) is 4.79 Å². The number of hydrogen-bond donors (Lipinski definition) is 2. The van der Waals surface area contributed by atoms with Crippen molar-refractivity contribution in [1.82, 2.24) is 10.6 Å². The molecule has 19 heavy (non-hydrogen) atoms. The van der Waals surface area contributed by atoms with Crippen molar-refractivity contribution in [3.8, 4) is 0 Å². The van der Waals surface area contributed by atoms with Gasteiger partial charge in [0.2, 0.25) is 5.91 Å². The second-order valence-electron chi connectivity index (χ2n) is 6.46. The molecule has 0 aromatic rings. The standard InChI is InChI=1S/C15H28N2O2/c1-11(2)17-14(18)12(3)16-10-13-6-9-15(19-13)7-4-5-8-15/h11-13,16H,4-10H2,1-3H3,(H,17,18). The molecule has 1 saturated heterocycles. The van der Waals surface area contributed by atoms with Crippen LogP contribution in [-0.4, -0.2) is 36.2 Å². The maximum atomic E-state index is 11.8. The smallest absolute Gasteiger partial charge is 0.237 e. The van der Waals surface area contributed by atoms with E-state index in [1.165, 1.54) is 32.1 Å². The predicted molar refractivity (Wildman–Crippen MR) is 76.0 cm³/mol. The third kappa shape index (κ3) is 3.93. The van der Waals surface area contributed by atoms with E-state index in [4.69, 9.17) is 4.74 Å². The lowest BCUT2D eigenvalue weighted by atomic mass is 9.98. The van der Waals surface area contributed by atoms with Crippen molar-refractivity contribution in [3.63, 3.8) is 0 Å². The zero-order valence-corrected chi connectivity index (χ0v) is 12.5. The third-order valence-corrected chi connectivity index (χ3v) is 4.33. The molecule has 0 radical (unpaired) electrons. The van der Waals surface area contributed by atoms with Gasteiger partial charge in [0.25, 0.3) is 0 Å². The van der Waals surface area contributed by atoms with E-state index >= 15 is 0 Å². The van der Waals surface area contributed by atoms with Crippen LogP contribution in [0.15, 0.2) is 0 Å². The highest BCUT2D eigenvalue weighted by atomic mass is 16.5. The van der Waals surface area contributed by atoms with Crippen molar-refractivity contribution in [2.75, 3.05) is 6.54 Å². The summed E-state index contributed by atoms with van der Waals surface area (Å²) in [6.45, 7) is 6.66.